The fraction of sp³-hybridized carbons (Fsp3) is 0.267. The van der Waals surface area contributed by atoms with Gasteiger partial charge in [0.1, 0.15) is 17.4 Å². The number of halogens is 1. The Balaban J connectivity index is 2.30. The standard InChI is InChI=1S/C15H15FN4/c1-10-11(2)18-19-15(14(10)8-17)20(3)9-12-4-6-13(16)7-5-12/h4-7H,9H2,1-3H3. The Hall–Kier alpha value is -2.48. The quantitative estimate of drug-likeness (QED) is 0.860. The van der Waals surface area contributed by atoms with Crippen LogP contribution < -0.4 is 4.90 Å². The van der Waals surface area contributed by atoms with Gasteiger partial charge in [-0.2, -0.15) is 10.4 Å². The lowest BCUT2D eigenvalue weighted by molar-refractivity contribution is 0.627. The number of aryl methyl sites for hydroxylation is 1. The van der Waals surface area contributed by atoms with Crippen molar-refractivity contribution in [2.45, 2.75) is 20.4 Å². The van der Waals surface area contributed by atoms with E-state index in [1.807, 2.05) is 25.8 Å². The molecule has 0 aliphatic carbocycles. The summed E-state index contributed by atoms with van der Waals surface area (Å²) in [7, 11) is 1.84. The third-order valence-electron chi connectivity index (χ3n) is 3.24. The molecule has 2 rings (SSSR count). The molecule has 1 aromatic carbocycles. The minimum absolute atomic E-state index is 0.264. The lowest BCUT2D eigenvalue weighted by atomic mass is 10.1. The van der Waals surface area contributed by atoms with Crippen LogP contribution in [0, 0.1) is 31.0 Å². The van der Waals surface area contributed by atoms with Gasteiger partial charge in [-0.05, 0) is 37.1 Å². The van der Waals surface area contributed by atoms with Crippen LogP contribution in [0.5, 0.6) is 0 Å². The molecule has 20 heavy (non-hydrogen) atoms. The number of benzene rings is 1. The van der Waals surface area contributed by atoms with Gasteiger partial charge in [0.25, 0.3) is 0 Å². The Bertz CT molecular complexity index is 659. The fourth-order valence-corrected chi connectivity index (χ4v) is 1.94. The van der Waals surface area contributed by atoms with Gasteiger partial charge in [-0.15, -0.1) is 5.10 Å². The van der Waals surface area contributed by atoms with Gasteiger partial charge in [0.2, 0.25) is 0 Å². The first-order chi connectivity index (χ1) is 9.52. The number of rotatable bonds is 3. The number of anilines is 1. The molecule has 0 aliphatic rings. The molecular weight excluding hydrogens is 255 g/mol. The van der Waals surface area contributed by atoms with Gasteiger partial charge in [0.05, 0.1) is 5.69 Å². The van der Waals surface area contributed by atoms with Gasteiger partial charge in [-0.1, -0.05) is 12.1 Å². The molecule has 0 saturated heterocycles. The van der Waals surface area contributed by atoms with Gasteiger partial charge in [0.15, 0.2) is 5.82 Å². The van der Waals surface area contributed by atoms with E-state index in [-0.39, 0.29) is 5.82 Å². The number of aromatic nitrogens is 2. The van der Waals surface area contributed by atoms with Crippen molar-refractivity contribution in [2.75, 3.05) is 11.9 Å². The van der Waals surface area contributed by atoms with E-state index in [1.54, 1.807) is 12.1 Å². The lowest BCUT2D eigenvalue weighted by Crippen LogP contribution is -2.20. The van der Waals surface area contributed by atoms with E-state index in [0.29, 0.717) is 17.9 Å². The van der Waals surface area contributed by atoms with Crippen LogP contribution in [0.25, 0.3) is 0 Å². The predicted octanol–water partition coefficient (Wildman–Crippen LogP) is 2.74. The summed E-state index contributed by atoms with van der Waals surface area (Å²) in [5.41, 5.74) is 3.06. The molecule has 0 radical (unpaired) electrons. The van der Waals surface area contributed by atoms with Gasteiger partial charge in [-0.25, -0.2) is 4.39 Å². The van der Waals surface area contributed by atoms with Crippen LogP contribution in [-0.2, 0) is 6.54 Å². The second-order valence-electron chi connectivity index (χ2n) is 4.70. The van der Waals surface area contributed by atoms with Crippen molar-refractivity contribution in [1.82, 2.24) is 10.2 Å². The van der Waals surface area contributed by atoms with Crippen molar-refractivity contribution in [1.29, 1.82) is 5.26 Å². The molecule has 0 saturated carbocycles. The summed E-state index contributed by atoms with van der Waals surface area (Å²) in [5.74, 6) is 0.278. The third-order valence-corrected chi connectivity index (χ3v) is 3.24. The van der Waals surface area contributed by atoms with Crippen LogP contribution in [0.15, 0.2) is 24.3 Å². The van der Waals surface area contributed by atoms with E-state index < -0.39 is 0 Å². The average Bonchev–Trinajstić information content (AvgIpc) is 2.44. The minimum Gasteiger partial charge on any atom is -0.353 e. The minimum atomic E-state index is -0.264. The second kappa shape index (κ2) is 5.66. The number of nitriles is 1. The lowest BCUT2D eigenvalue weighted by Gasteiger charge is -2.20. The largest absolute Gasteiger partial charge is 0.353 e. The highest BCUT2D eigenvalue weighted by atomic mass is 19.1. The molecule has 1 heterocycles. The molecule has 2 aromatic rings. The maximum absolute atomic E-state index is 12.9. The van der Waals surface area contributed by atoms with E-state index in [1.165, 1.54) is 12.1 Å². The fourth-order valence-electron chi connectivity index (χ4n) is 1.94. The summed E-state index contributed by atoms with van der Waals surface area (Å²) < 4.78 is 12.9. The van der Waals surface area contributed by atoms with Crippen molar-refractivity contribution in [3.8, 4) is 6.07 Å². The highest BCUT2D eigenvalue weighted by Crippen LogP contribution is 2.21. The predicted molar refractivity (Wildman–Crippen MR) is 74.7 cm³/mol. The SMILES string of the molecule is Cc1nnc(N(C)Cc2ccc(F)cc2)c(C#N)c1C. The summed E-state index contributed by atoms with van der Waals surface area (Å²) in [6, 6.07) is 8.44. The van der Waals surface area contributed by atoms with Crippen molar-refractivity contribution in [3.05, 3.63) is 52.5 Å². The molecular formula is C15H15FN4. The maximum Gasteiger partial charge on any atom is 0.169 e. The molecule has 0 unspecified atom stereocenters. The smallest absolute Gasteiger partial charge is 0.169 e. The molecule has 0 amide bonds. The summed E-state index contributed by atoms with van der Waals surface area (Å²) in [6.07, 6.45) is 0. The average molecular weight is 270 g/mol. The van der Waals surface area contributed by atoms with Crippen molar-refractivity contribution in [3.63, 3.8) is 0 Å². The number of hydrogen-bond acceptors (Lipinski definition) is 4. The molecule has 0 atom stereocenters. The first kappa shape index (κ1) is 13.9. The van der Waals surface area contributed by atoms with E-state index in [0.717, 1.165) is 16.8 Å². The van der Waals surface area contributed by atoms with Gasteiger partial charge in [-0.3, -0.25) is 0 Å². The Labute approximate surface area is 117 Å². The molecule has 0 bridgehead atoms. The Kier molecular flexibility index (Phi) is 3.94. The van der Waals surface area contributed by atoms with Gasteiger partial charge >= 0.3 is 0 Å². The summed E-state index contributed by atoms with van der Waals surface area (Å²) in [6.45, 7) is 4.22. The second-order valence-corrected chi connectivity index (χ2v) is 4.70. The summed E-state index contributed by atoms with van der Waals surface area (Å²) in [5, 5.41) is 17.4. The normalized spacial score (nSPS) is 10.2. The van der Waals surface area contributed by atoms with Gasteiger partial charge in [0, 0.05) is 13.6 Å². The first-order valence-electron chi connectivity index (χ1n) is 6.22. The highest BCUT2D eigenvalue weighted by molar-refractivity contribution is 5.57. The van der Waals surface area contributed by atoms with E-state index in [4.69, 9.17) is 0 Å². The van der Waals surface area contributed by atoms with Gasteiger partial charge < -0.3 is 4.90 Å². The van der Waals surface area contributed by atoms with Crippen LogP contribution in [0.1, 0.15) is 22.4 Å². The molecule has 1 aromatic heterocycles. The highest BCUT2D eigenvalue weighted by Gasteiger charge is 2.14. The number of hydrogen-bond donors (Lipinski definition) is 0. The zero-order valence-corrected chi connectivity index (χ0v) is 11.7. The van der Waals surface area contributed by atoms with Crippen molar-refractivity contribution in [2.24, 2.45) is 0 Å². The molecule has 102 valence electrons. The van der Waals surface area contributed by atoms with Crippen LogP contribution >= 0.6 is 0 Å². The Morgan fingerprint density at radius 3 is 2.45 bits per heavy atom. The van der Waals surface area contributed by atoms with E-state index in [9.17, 15) is 9.65 Å². The maximum atomic E-state index is 12.9. The third kappa shape index (κ3) is 2.75. The Morgan fingerprint density at radius 1 is 1.20 bits per heavy atom. The monoisotopic (exact) mass is 270 g/mol. The first-order valence-corrected chi connectivity index (χ1v) is 6.22. The molecule has 4 nitrogen and oxygen atoms in total. The molecule has 5 heteroatoms. The molecule has 0 spiro atoms. The van der Waals surface area contributed by atoms with Crippen molar-refractivity contribution < 1.29 is 4.39 Å². The van der Waals surface area contributed by atoms with Crippen LogP contribution in [-0.4, -0.2) is 17.2 Å². The summed E-state index contributed by atoms with van der Waals surface area (Å²) >= 11 is 0. The van der Waals surface area contributed by atoms with Crippen molar-refractivity contribution >= 4 is 5.82 Å². The zero-order valence-electron chi connectivity index (χ0n) is 11.7. The van der Waals surface area contributed by atoms with Crippen LogP contribution in [0.2, 0.25) is 0 Å². The number of nitrogens with zero attached hydrogens (tertiary/aromatic N) is 4. The van der Waals surface area contributed by atoms with Crippen LogP contribution in [0.4, 0.5) is 10.2 Å². The zero-order chi connectivity index (χ0) is 14.7. The van der Waals surface area contributed by atoms with E-state index in [2.05, 4.69) is 16.3 Å². The van der Waals surface area contributed by atoms with Crippen LogP contribution in [0.3, 0.4) is 0 Å². The summed E-state index contributed by atoms with van der Waals surface area (Å²) in [4.78, 5) is 1.84. The molecule has 0 aliphatic heterocycles. The Morgan fingerprint density at radius 2 is 1.85 bits per heavy atom. The molecule has 0 N–H and O–H groups in total. The topological polar surface area (TPSA) is 52.8 Å². The molecule has 0 fully saturated rings. The van der Waals surface area contributed by atoms with E-state index >= 15 is 0 Å².